The van der Waals surface area contributed by atoms with Crippen LogP contribution in [0, 0.1) is 0 Å². The summed E-state index contributed by atoms with van der Waals surface area (Å²) >= 11 is 6.03. The van der Waals surface area contributed by atoms with Crippen LogP contribution in [0.15, 0.2) is 54.6 Å². The van der Waals surface area contributed by atoms with Gasteiger partial charge in [0.2, 0.25) is 0 Å². The maximum Gasteiger partial charge on any atom is 0.0473 e. The molecule has 3 nitrogen and oxygen atoms in total. The molecule has 1 heterocycles. The van der Waals surface area contributed by atoms with Crippen molar-refractivity contribution in [3.8, 4) is 0 Å². The molecule has 0 radical (unpaired) electrons. The number of hydrogen-bond donors (Lipinski definition) is 1. The lowest BCUT2D eigenvalue weighted by Gasteiger charge is -2.42. The molecule has 4 heteroatoms. The van der Waals surface area contributed by atoms with Crippen LogP contribution in [0.1, 0.15) is 30.5 Å². The summed E-state index contributed by atoms with van der Waals surface area (Å²) in [6.45, 7) is 6.01. The second kappa shape index (κ2) is 7.88. The molecule has 3 rings (SSSR count). The van der Waals surface area contributed by atoms with E-state index in [1.54, 1.807) is 0 Å². The molecule has 2 aromatic carbocycles. The van der Waals surface area contributed by atoms with E-state index in [1.165, 1.54) is 11.1 Å². The number of nitrogens with zero attached hydrogens (tertiary/aromatic N) is 2. The van der Waals surface area contributed by atoms with Crippen LogP contribution in [-0.2, 0) is 6.54 Å². The first-order chi connectivity index (χ1) is 12.0. The van der Waals surface area contributed by atoms with E-state index in [4.69, 9.17) is 17.3 Å². The number of likely N-dealkylation sites (tertiary alicyclic amines) is 1. The van der Waals surface area contributed by atoms with Crippen molar-refractivity contribution in [1.29, 1.82) is 0 Å². The van der Waals surface area contributed by atoms with Crippen molar-refractivity contribution in [2.24, 2.45) is 5.73 Å². The van der Waals surface area contributed by atoms with Gasteiger partial charge in [-0.2, -0.15) is 0 Å². The molecule has 2 unspecified atom stereocenters. The molecule has 0 bridgehead atoms. The van der Waals surface area contributed by atoms with Crippen molar-refractivity contribution in [2.75, 3.05) is 26.7 Å². The predicted octanol–water partition coefficient (Wildman–Crippen LogP) is 3.94. The van der Waals surface area contributed by atoms with Gasteiger partial charge in [-0.15, -0.1) is 0 Å². The van der Waals surface area contributed by atoms with Crippen LogP contribution in [0.2, 0.25) is 5.02 Å². The van der Waals surface area contributed by atoms with Gasteiger partial charge in [0.25, 0.3) is 0 Å². The van der Waals surface area contributed by atoms with Crippen LogP contribution in [0.25, 0.3) is 0 Å². The average Bonchev–Trinajstić information content (AvgIpc) is 3.06. The van der Waals surface area contributed by atoms with Crippen molar-refractivity contribution in [3.05, 3.63) is 70.7 Å². The maximum atomic E-state index is 6.28. The van der Waals surface area contributed by atoms with Crippen molar-refractivity contribution in [3.63, 3.8) is 0 Å². The third-order valence-electron chi connectivity index (χ3n) is 5.72. The first-order valence-corrected chi connectivity index (χ1v) is 9.37. The quantitative estimate of drug-likeness (QED) is 0.850. The molecule has 1 aliphatic rings. The van der Waals surface area contributed by atoms with E-state index in [9.17, 15) is 0 Å². The second-order valence-corrected chi connectivity index (χ2v) is 7.65. The van der Waals surface area contributed by atoms with Gasteiger partial charge < -0.3 is 5.73 Å². The molecule has 0 amide bonds. The maximum absolute atomic E-state index is 6.28. The Morgan fingerprint density at radius 3 is 2.48 bits per heavy atom. The van der Waals surface area contributed by atoms with E-state index in [0.29, 0.717) is 12.6 Å². The summed E-state index contributed by atoms with van der Waals surface area (Å²) in [5.41, 5.74) is 8.94. The van der Waals surface area contributed by atoms with Crippen LogP contribution in [-0.4, -0.2) is 42.0 Å². The van der Waals surface area contributed by atoms with Gasteiger partial charge in [0.05, 0.1) is 0 Å². The minimum Gasteiger partial charge on any atom is -0.329 e. The molecule has 0 aromatic heterocycles. The molecule has 2 N–H and O–H groups in total. The highest BCUT2D eigenvalue weighted by Crippen LogP contribution is 2.34. The predicted molar refractivity (Wildman–Crippen MR) is 106 cm³/mol. The minimum atomic E-state index is 0.0217. The van der Waals surface area contributed by atoms with Gasteiger partial charge in [-0.25, -0.2) is 0 Å². The minimum absolute atomic E-state index is 0.0217. The Balaban J connectivity index is 1.71. The summed E-state index contributed by atoms with van der Waals surface area (Å²) in [6, 6.07) is 19.1. The molecule has 1 saturated heterocycles. The van der Waals surface area contributed by atoms with Gasteiger partial charge >= 0.3 is 0 Å². The lowest BCUT2D eigenvalue weighted by molar-refractivity contribution is 0.0884. The monoisotopic (exact) mass is 357 g/mol. The summed E-state index contributed by atoms with van der Waals surface area (Å²) in [4.78, 5) is 4.98. The SMILES string of the molecule is CC(c1ccc(Cl)cc1)N(C)C1(CN)CCN(Cc2ccccc2)C1. The van der Waals surface area contributed by atoms with Crippen LogP contribution < -0.4 is 5.73 Å². The van der Waals surface area contributed by atoms with Crippen molar-refractivity contribution in [2.45, 2.75) is 31.5 Å². The van der Waals surface area contributed by atoms with E-state index in [-0.39, 0.29) is 5.54 Å². The number of rotatable bonds is 6. The standard InChI is InChI=1S/C21H28ClN3/c1-17(19-8-10-20(22)11-9-19)24(2)21(15-23)12-13-25(16-21)14-18-6-4-3-5-7-18/h3-11,17H,12-16,23H2,1-2H3. The second-order valence-electron chi connectivity index (χ2n) is 7.21. The van der Waals surface area contributed by atoms with E-state index < -0.39 is 0 Å². The topological polar surface area (TPSA) is 32.5 Å². The summed E-state index contributed by atoms with van der Waals surface area (Å²) in [6.07, 6.45) is 1.10. The zero-order chi connectivity index (χ0) is 17.9. The molecule has 0 aliphatic carbocycles. The fourth-order valence-corrected chi connectivity index (χ4v) is 4.02. The summed E-state index contributed by atoms with van der Waals surface area (Å²) < 4.78 is 0. The summed E-state index contributed by atoms with van der Waals surface area (Å²) in [5, 5.41) is 0.780. The Labute approximate surface area is 156 Å². The highest BCUT2D eigenvalue weighted by Gasteiger charge is 2.42. The lowest BCUT2D eigenvalue weighted by atomic mass is 9.93. The molecule has 134 valence electrons. The number of halogens is 1. The fraction of sp³-hybridized carbons (Fsp3) is 0.429. The molecule has 25 heavy (non-hydrogen) atoms. The van der Waals surface area contributed by atoms with E-state index in [0.717, 1.165) is 31.1 Å². The van der Waals surface area contributed by atoms with Gasteiger partial charge in [0.15, 0.2) is 0 Å². The largest absolute Gasteiger partial charge is 0.329 e. The average molecular weight is 358 g/mol. The molecule has 2 atom stereocenters. The lowest BCUT2D eigenvalue weighted by Crippen LogP contribution is -2.54. The fourth-order valence-electron chi connectivity index (χ4n) is 3.89. The highest BCUT2D eigenvalue weighted by atomic mass is 35.5. The molecule has 1 aliphatic heterocycles. The van der Waals surface area contributed by atoms with Crippen molar-refractivity contribution < 1.29 is 0 Å². The van der Waals surface area contributed by atoms with Gasteiger partial charge in [-0.1, -0.05) is 54.1 Å². The smallest absolute Gasteiger partial charge is 0.0473 e. The Bertz CT molecular complexity index is 673. The molecule has 2 aromatic rings. The number of likely N-dealkylation sites (N-methyl/N-ethyl adjacent to an activating group) is 1. The molecule has 0 spiro atoms. The van der Waals surface area contributed by atoms with Crippen molar-refractivity contribution >= 4 is 11.6 Å². The molecular formula is C21H28ClN3. The zero-order valence-electron chi connectivity index (χ0n) is 15.2. The van der Waals surface area contributed by atoms with Gasteiger partial charge in [-0.05, 0) is 43.7 Å². The Morgan fingerprint density at radius 1 is 1.16 bits per heavy atom. The Hall–Kier alpha value is -1.39. The van der Waals surface area contributed by atoms with E-state index in [2.05, 4.69) is 66.2 Å². The third kappa shape index (κ3) is 4.06. The first kappa shape index (κ1) is 18.4. The van der Waals surface area contributed by atoms with E-state index in [1.807, 2.05) is 12.1 Å². The molecule has 0 saturated carbocycles. The van der Waals surface area contributed by atoms with Gasteiger partial charge in [-0.3, -0.25) is 9.80 Å². The number of benzene rings is 2. The van der Waals surface area contributed by atoms with Crippen LogP contribution in [0.5, 0.6) is 0 Å². The summed E-state index contributed by atoms with van der Waals surface area (Å²) in [5.74, 6) is 0. The Kier molecular flexibility index (Phi) is 5.80. The normalized spacial score (nSPS) is 22.4. The molecular weight excluding hydrogens is 330 g/mol. The van der Waals surface area contributed by atoms with Crippen LogP contribution in [0.3, 0.4) is 0 Å². The zero-order valence-corrected chi connectivity index (χ0v) is 15.9. The van der Waals surface area contributed by atoms with Gasteiger partial charge in [0, 0.05) is 42.8 Å². The first-order valence-electron chi connectivity index (χ1n) is 8.99. The molecule has 1 fully saturated rings. The number of nitrogens with two attached hydrogens (primary N) is 1. The van der Waals surface area contributed by atoms with E-state index >= 15 is 0 Å². The third-order valence-corrected chi connectivity index (χ3v) is 5.97. The van der Waals surface area contributed by atoms with Crippen LogP contribution in [0.4, 0.5) is 0 Å². The van der Waals surface area contributed by atoms with Crippen LogP contribution >= 0.6 is 11.6 Å². The van der Waals surface area contributed by atoms with Crippen molar-refractivity contribution in [1.82, 2.24) is 9.80 Å². The highest BCUT2D eigenvalue weighted by molar-refractivity contribution is 6.30. The number of hydrogen-bond acceptors (Lipinski definition) is 3. The Morgan fingerprint density at radius 2 is 1.84 bits per heavy atom. The van der Waals surface area contributed by atoms with Gasteiger partial charge in [0.1, 0.15) is 0 Å². The summed E-state index contributed by atoms with van der Waals surface area (Å²) in [7, 11) is 2.21.